The zero-order chi connectivity index (χ0) is 24.3. The second-order valence-electron chi connectivity index (χ2n) is 7.54. The third-order valence-electron chi connectivity index (χ3n) is 5.28. The highest BCUT2D eigenvalue weighted by atomic mass is 16.5. The van der Waals surface area contributed by atoms with Crippen LogP contribution in [-0.4, -0.2) is 48.2 Å². The highest BCUT2D eigenvalue weighted by Gasteiger charge is 2.19. The van der Waals surface area contributed by atoms with E-state index in [1.165, 1.54) is 0 Å². The standard InChI is InChI=1S/C26H29N5O3/c1-33-21-13-12-20(23(16-21)34-2)18-31(24(27)14-11-19-8-4-3-5-9-19)25(28)17-30-26(32)22-10-6-7-15-29-22/h3-10,12-13,15-16,27-28H,11,14,17-18H2,1-2H3,(H,30,32). The summed E-state index contributed by atoms with van der Waals surface area (Å²) < 4.78 is 10.8. The quantitative estimate of drug-likeness (QED) is 0.314. The number of carbonyl (C=O) groups excluding carboxylic acids is 1. The first-order valence-electron chi connectivity index (χ1n) is 10.9. The van der Waals surface area contributed by atoms with Crippen LogP contribution in [0.1, 0.15) is 28.0 Å². The molecule has 1 aromatic heterocycles. The van der Waals surface area contributed by atoms with Crippen LogP contribution in [0.25, 0.3) is 0 Å². The van der Waals surface area contributed by atoms with E-state index in [0.29, 0.717) is 24.3 Å². The number of pyridine rings is 1. The number of aryl methyl sites for hydroxylation is 1. The minimum Gasteiger partial charge on any atom is -0.497 e. The molecular weight excluding hydrogens is 430 g/mol. The first kappa shape index (κ1) is 24.4. The summed E-state index contributed by atoms with van der Waals surface area (Å²) in [6.45, 7) is 0.209. The van der Waals surface area contributed by atoms with Gasteiger partial charge in [0.2, 0.25) is 0 Å². The predicted molar refractivity (Wildman–Crippen MR) is 132 cm³/mol. The summed E-state index contributed by atoms with van der Waals surface area (Å²) in [6, 6.07) is 20.4. The Morgan fingerprint density at radius 1 is 0.971 bits per heavy atom. The molecule has 0 aliphatic rings. The lowest BCUT2D eigenvalue weighted by molar-refractivity contribution is 0.0953. The summed E-state index contributed by atoms with van der Waals surface area (Å²) in [5, 5.41) is 20.1. The molecule has 3 N–H and O–H groups in total. The van der Waals surface area contributed by atoms with Gasteiger partial charge in [0, 0.05) is 24.2 Å². The van der Waals surface area contributed by atoms with Crippen LogP contribution in [0.3, 0.4) is 0 Å². The van der Waals surface area contributed by atoms with Crippen LogP contribution >= 0.6 is 0 Å². The SMILES string of the molecule is COc1ccc(CN(C(=N)CCc2ccccc2)C(=N)CNC(=O)c2ccccn2)c(OC)c1. The maximum Gasteiger partial charge on any atom is 0.270 e. The molecule has 0 aliphatic carbocycles. The first-order chi connectivity index (χ1) is 16.5. The second-order valence-corrected chi connectivity index (χ2v) is 7.54. The molecule has 0 fully saturated rings. The number of carbonyl (C=O) groups is 1. The largest absolute Gasteiger partial charge is 0.497 e. The minimum atomic E-state index is -0.372. The summed E-state index contributed by atoms with van der Waals surface area (Å²) in [4.78, 5) is 18.0. The van der Waals surface area contributed by atoms with Crippen molar-refractivity contribution in [3.05, 3.63) is 89.7 Å². The number of benzene rings is 2. The molecule has 0 bridgehead atoms. The number of rotatable bonds is 10. The van der Waals surface area contributed by atoms with Crippen molar-refractivity contribution in [1.82, 2.24) is 15.2 Å². The molecule has 0 aliphatic heterocycles. The van der Waals surface area contributed by atoms with E-state index in [1.54, 1.807) is 49.6 Å². The topological polar surface area (TPSA) is 111 Å². The molecule has 3 aromatic rings. The van der Waals surface area contributed by atoms with Gasteiger partial charge < -0.3 is 19.7 Å². The predicted octanol–water partition coefficient (Wildman–Crippen LogP) is 3.92. The van der Waals surface area contributed by atoms with E-state index in [1.807, 2.05) is 42.5 Å². The fourth-order valence-electron chi connectivity index (χ4n) is 3.40. The Balaban J connectivity index is 1.75. The van der Waals surface area contributed by atoms with E-state index in [2.05, 4.69) is 10.3 Å². The number of nitrogens with zero attached hydrogens (tertiary/aromatic N) is 2. The van der Waals surface area contributed by atoms with Gasteiger partial charge in [-0.3, -0.25) is 20.6 Å². The fraction of sp³-hybridized carbons (Fsp3) is 0.231. The number of nitrogens with one attached hydrogen (secondary N) is 3. The molecular formula is C26H29N5O3. The molecule has 0 saturated carbocycles. The summed E-state index contributed by atoms with van der Waals surface area (Å²) in [5.74, 6) is 1.26. The maximum atomic E-state index is 12.4. The number of ether oxygens (including phenoxy) is 2. The van der Waals surface area contributed by atoms with E-state index < -0.39 is 0 Å². The summed E-state index contributed by atoms with van der Waals surface area (Å²) in [5.41, 5.74) is 2.19. The molecule has 8 nitrogen and oxygen atoms in total. The summed E-state index contributed by atoms with van der Waals surface area (Å²) >= 11 is 0. The number of hydrogen-bond donors (Lipinski definition) is 3. The third-order valence-corrected chi connectivity index (χ3v) is 5.28. The highest BCUT2D eigenvalue weighted by Crippen LogP contribution is 2.26. The average Bonchev–Trinajstić information content (AvgIpc) is 2.89. The van der Waals surface area contributed by atoms with Crippen LogP contribution in [0.4, 0.5) is 0 Å². The van der Waals surface area contributed by atoms with Crippen molar-refractivity contribution in [1.29, 1.82) is 10.8 Å². The molecule has 2 aromatic carbocycles. The number of amides is 1. The van der Waals surface area contributed by atoms with Gasteiger partial charge in [0.15, 0.2) is 0 Å². The van der Waals surface area contributed by atoms with Crippen LogP contribution in [0.5, 0.6) is 11.5 Å². The molecule has 0 spiro atoms. The van der Waals surface area contributed by atoms with Crippen molar-refractivity contribution in [3.63, 3.8) is 0 Å². The van der Waals surface area contributed by atoms with Crippen LogP contribution < -0.4 is 14.8 Å². The minimum absolute atomic E-state index is 0.0401. The summed E-state index contributed by atoms with van der Waals surface area (Å²) in [6.07, 6.45) is 2.66. The zero-order valence-corrected chi connectivity index (χ0v) is 19.4. The number of aromatic nitrogens is 1. The Hall–Kier alpha value is -4.20. The van der Waals surface area contributed by atoms with Gasteiger partial charge in [-0.25, -0.2) is 0 Å². The fourth-order valence-corrected chi connectivity index (χ4v) is 3.40. The molecule has 0 saturated heterocycles. The second kappa shape index (κ2) is 12.2. The summed E-state index contributed by atoms with van der Waals surface area (Å²) in [7, 11) is 3.15. The monoisotopic (exact) mass is 459 g/mol. The van der Waals surface area contributed by atoms with Gasteiger partial charge in [-0.1, -0.05) is 36.4 Å². The molecule has 8 heteroatoms. The molecule has 3 rings (SSSR count). The van der Waals surface area contributed by atoms with Crippen molar-refractivity contribution in [2.24, 2.45) is 0 Å². The lowest BCUT2D eigenvalue weighted by atomic mass is 10.1. The number of hydrogen-bond acceptors (Lipinski definition) is 6. The maximum absolute atomic E-state index is 12.4. The Labute approximate surface area is 199 Å². The number of amidine groups is 2. The number of methoxy groups -OCH3 is 2. The van der Waals surface area contributed by atoms with Gasteiger partial charge in [-0.05, 0) is 36.2 Å². The molecule has 0 radical (unpaired) electrons. The molecule has 0 atom stereocenters. The van der Waals surface area contributed by atoms with Crippen molar-refractivity contribution in [2.45, 2.75) is 19.4 Å². The van der Waals surface area contributed by atoms with Gasteiger partial charge >= 0.3 is 0 Å². The Morgan fingerprint density at radius 3 is 2.41 bits per heavy atom. The lowest BCUT2D eigenvalue weighted by Gasteiger charge is -2.27. The average molecular weight is 460 g/mol. The van der Waals surface area contributed by atoms with Crippen LogP contribution in [0.2, 0.25) is 0 Å². The Morgan fingerprint density at radius 2 is 1.74 bits per heavy atom. The van der Waals surface area contributed by atoms with Crippen molar-refractivity contribution in [3.8, 4) is 11.5 Å². The third kappa shape index (κ3) is 6.65. The van der Waals surface area contributed by atoms with E-state index in [-0.39, 0.29) is 36.4 Å². The van der Waals surface area contributed by atoms with E-state index >= 15 is 0 Å². The Kier molecular flexibility index (Phi) is 8.73. The van der Waals surface area contributed by atoms with E-state index in [9.17, 15) is 4.79 Å². The van der Waals surface area contributed by atoms with Gasteiger partial charge in [0.05, 0.1) is 27.3 Å². The molecule has 176 valence electrons. The van der Waals surface area contributed by atoms with Crippen molar-refractivity contribution < 1.29 is 14.3 Å². The normalized spacial score (nSPS) is 10.3. The first-order valence-corrected chi connectivity index (χ1v) is 10.9. The van der Waals surface area contributed by atoms with Crippen LogP contribution in [-0.2, 0) is 13.0 Å². The van der Waals surface area contributed by atoms with Crippen molar-refractivity contribution >= 4 is 17.6 Å². The van der Waals surface area contributed by atoms with E-state index in [4.69, 9.17) is 20.3 Å². The van der Waals surface area contributed by atoms with Crippen LogP contribution in [0.15, 0.2) is 72.9 Å². The lowest BCUT2D eigenvalue weighted by Crippen LogP contribution is -2.42. The molecule has 1 amide bonds. The highest BCUT2D eigenvalue weighted by molar-refractivity contribution is 6.01. The van der Waals surface area contributed by atoms with Crippen molar-refractivity contribution in [2.75, 3.05) is 20.8 Å². The van der Waals surface area contributed by atoms with Gasteiger partial charge in [0.25, 0.3) is 5.91 Å². The molecule has 34 heavy (non-hydrogen) atoms. The van der Waals surface area contributed by atoms with Gasteiger partial charge in [-0.2, -0.15) is 0 Å². The van der Waals surface area contributed by atoms with Gasteiger partial charge in [-0.15, -0.1) is 0 Å². The smallest absolute Gasteiger partial charge is 0.270 e. The Bertz CT molecular complexity index is 1120. The van der Waals surface area contributed by atoms with Gasteiger partial charge in [0.1, 0.15) is 28.9 Å². The van der Waals surface area contributed by atoms with E-state index in [0.717, 1.165) is 11.1 Å². The molecule has 0 unspecified atom stereocenters. The molecule has 1 heterocycles. The van der Waals surface area contributed by atoms with Crippen LogP contribution in [0, 0.1) is 10.8 Å². The zero-order valence-electron chi connectivity index (χ0n) is 19.4.